The molecule has 1 amide bonds. The first-order valence-electron chi connectivity index (χ1n) is 6.79. The van der Waals surface area contributed by atoms with Gasteiger partial charge in [-0.2, -0.15) is 0 Å². The van der Waals surface area contributed by atoms with Gasteiger partial charge < -0.3 is 9.88 Å². The fraction of sp³-hybridized carbons (Fsp3) is 0.500. The van der Waals surface area contributed by atoms with Gasteiger partial charge in [-0.25, -0.2) is 4.79 Å². The monoisotopic (exact) mass is 277 g/mol. The Hall–Kier alpha value is -2.11. The summed E-state index contributed by atoms with van der Waals surface area (Å²) in [5, 5.41) is 2.81. The van der Waals surface area contributed by atoms with Gasteiger partial charge in [-0.05, 0) is 32.6 Å². The number of nitrogens with one attached hydrogen (secondary N) is 2. The molecule has 1 aromatic rings. The number of rotatable bonds is 3. The summed E-state index contributed by atoms with van der Waals surface area (Å²) in [6, 6.07) is -0.0977. The average Bonchev–Trinajstić information content (AvgIpc) is 2.43. The van der Waals surface area contributed by atoms with Crippen molar-refractivity contribution in [2.45, 2.75) is 38.6 Å². The number of aromatic nitrogens is 2. The summed E-state index contributed by atoms with van der Waals surface area (Å²) >= 11 is 0. The summed E-state index contributed by atoms with van der Waals surface area (Å²) in [6.45, 7) is 1.91. The predicted octanol–water partition coefficient (Wildman–Crippen LogP) is 0.692. The lowest BCUT2D eigenvalue weighted by atomic mass is 9.94. The van der Waals surface area contributed by atoms with Gasteiger partial charge in [0.05, 0.1) is 0 Å². The molecule has 1 atom stereocenters. The molecule has 2 N–H and O–H groups in total. The number of carbonyl (C=O) groups is 1. The van der Waals surface area contributed by atoms with Crippen molar-refractivity contribution < 1.29 is 4.79 Å². The normalized spacial score (nSPS) is 16.4. The van der Waals surface area contributed by atoms with Gasteiger partial charge in [-0.15, -0.1) is 0 Å². The molecule has 0 radical (unpaired) electrons. The van der Waals surface area contributed by atoms with Gasteiger partial charge in [-0.1, -0.05) is 11.6 Å². The molecule has 0 spiro atoms. The molecule has 0 aliphatic heterocycles. The number of aromatic amines is 1. The number of hydrogen-bond donors (Lipinski definition) is 2. The minimum Gasteiger partial charge on any atom is -0.346 e. The maximum atomic E-state index is 12.1. The minimum absolute atomic E-state index is 0.0460. The van der Waals surface area contributed by atoms with Crippen molar-refractivity contribution in [3.05, 3.63) is 44.2 Å². The predicted molar refractivity (Wildman–Crippen MR) is 75.8 cm³/mol. The van der Waals surface area contributed by atoms with E-state index in [1.807, 2.05) is 6.92 Å². The number of nitrogens with zero attached hydrogens (tertiary/aromatic N) is 1. The van der Waals surface area contributed by atoms with E-state index in [4.69, 9.17) is 0 Å². The number of H-pyrrole nitrogens is 1. The molecular formula is C14H19N3O3. The van der Waals surface area contributed by atoms with Crippen LogP contribution in [-0.2, 0) is 7.05 Å². The second kappa shape index (κ2) is 5.90. The molecular weight excluding hydrogens is 258 g/mol. The average molecular weight is 277 g/mol. The van der Waals surface area contributed by atoms with Crippen LogP contribution in [0.1, 0.15) is 43.0 Å². The number of allylic oxidation sites excluding steroid dienone is 1. The van der Waals surface area contributed by atoms with Crippen LogP contribution in [0, 0.1) is 0 Å². The fourth-order valence-electron chi connectivity index (χ4n) is 2.35. The van der Waals surface area contributed by atoms with Gasteiger partial charge in [0, 0.05) is 19.3 Å². The Bertz CT molecular complexity index is 654. The Labute approximate surface area is 116 Å². The smallest absolute Gasteiger partial charge is 0.328 e. The third-order valence-electron chi connectivity index (χ3n) is 3.58. The molecule has 0 unspecified atom stereocenters. The van der Waals surface area contributed by atoms with Gasteiger partial charge in [0.1, 0.15) is 5.56 Å². The van der Waals surface area contributed by atoms with Crippen molar-refractivity contribution >= 4 is 5.91 Å². The maximum Gasteiger partial charge on any atom is 0.328 e. The van der Waals surface area contributed by atoms with Crippen molar-refractivity contribution in [2.75, 3.05) is 0 Å². The van der Waals surface area contributed by atoms with Crippen LogP contribution in [0.25, 0.3) is 0 Å². The second-order valence-electron chi connectivity index (χ2n) is 5.13. The molecule has 0 aromatic carbocycles. The third-order valence-corrected chi connectivity index (χ3v) is 3.58. The zero-order chi connectivity index (χ0) is 14.7. The van der Waals surface area contributed by atoms with Gasteiger partial charge in [0.25, 0.3) is 11.5 Å². The van der Waals surface area contributed by atoms with Crippen molar-refractivity contribution in [3.8, 4) is 0 Å². The van der Waals surface area contributed by atoms with Crippen LogP contribution in [-0.4, -0.2) is 21.5 Å². The number of amides is 1. The summed E-state index contributed by atoms with van der Waals surface area (Å²) in [5.41, 5.74) is -0.0359. The summed E-state index contributed by atoms with van der Waals surface area (Å²) < 4.78 is 1.18. The molecule has 6 nitrogen and oxygen atoms in total. The summed E-state index contributed by atoms with van der Waals surface area (Å²) in [6.07, 6.45) is 7.75. The van der Waals surface area contributed by atoms with Crippen LogP contribution in [0.3, 0.4) is 0 Å². The van der Waals surface area contributed by atoms with Crippen LogP contribution >= 0.6 is 0 Å². The van der Waals surface area contributed by atoms with E-state index in [9.17, 15) is 14.4 Å². The summed E-state index contributed by atoms with van der Waals surface area (Å²) in [7, 11) is 1.49. The SMILES string of the molecule is C[C@H](NC(=O)c1cn(C)c(=O)[nH]c1=O)C1=CCCCC1. The first-order valence-corrected chi connectivity index (χ1v) is 6.79. The molecule has 20 heavy (non-hydrogen) atoms. The van der Waals surface area contributed by atoms with E-state index in [0.717, 1.165) is 19.3 Å². The molecule has 1 aliphatic rings. The molecule has 1 heterocycles. The van der Waals surface area contributed by atoms with Gasteiger partial charge in [0.15, 0.2) is 0 Å². The van der Waals surface area contributed by atoms with Crippen LogP contribution in [0.5, 0.6) is 0 Å². The third kappa shape index (κ3) is 3.07. The maximum absolute atomic E-state index is 12.1. The molecule has 1 aromatic heterocycles. The van der Waals surface area contributed by atoms with Crippen LogP contribution in [0.15, 0.2) is 27.4 Å². The molecule has 1 aliphatic carbocycles. The van der Waals surface area contributed by atoms with E-state index in [-0.39, 0.29) is 11.6 Å². The molecule has 0 fully saturated rings. The van der Waals surface area contributed by atoms with E-state index in [0.29, 0.717) is 0 Å². The molecule has 108 valence electrons. The zero-order valence-electron chi connectivity index (χ0n) is 11.7. The number of hydrogen-bond acceptors (Lipinski definition) is 3. The van der Waals surface area contributed by atoms with Crippen molar-refractivity contribution in [3.63, 3.8) is 0 Å². The fourth-order valence-corrected chi connectivity index (χ4v) is 2.35. The van der Waals surface area contributed by atoms with Crippen LogP contribution in [0.4, 0.5) is 0 Å². The van der Waals surface area contributed by atoms with Crippen molar-refractivity contribution in [1.82, 2.24) is 14.9 Å². The molecule has 0 saturated carbocycles. The second-order valence-corrected chi connectivity index (χ2v) is 5.13. The number of aryl methyl sites for hydroxylation is 1. The minimum atomic E-state index is -0.657. The highest BCUT2D eigenvalue weighted by molar-refractivity contribution is 5.93. The van der Waals surface area contributed by atoms with E-state index in [1.54, 1.807) is 0 Å². The lowest BCUT2D eigenvalue weighted by molar-refractivity contribution is 0.0942. The Morgan fingerprint density at radius 2 is 2.15 bits per heavy atom. The molecule has 0 saturated heterocycles. The summed E-state index contributed by atoms with van der Waals surface area (Å²) in [5.74, 6) is -0.458. The Morgan fingerprint density at radius 1 is 1.40 bits per heavy atom. The quantitative estimate of drug-likeness (QED) is 0.797. The molecule has 2 rings (SSSR count). The number of carbonyl (C=O) groups excluding carboxylic acids is 1. The van der Waals surface area contributed by atoms with Crippen molar-refractivity contribution in [2.24, 2.45) is 7.05 Å². The highest BCUT2D eigenvalue weighted by Gasteiger charge is 2.17. The largest absolute Gasteiger partial charge is 0.346 e. The van der Waals surface area contributed by atoms with Gasteiger partial charge in [-0.3, -0.25) is 14.6 Å². The van der Waals surface area contributed by atoms with Gasteiger partial charge >= 0.3 is 5.69 Å². The topological polar surface area (TPSA) is 84.0 Å². The Balaban J connectivity index is 2.16. The van der Waals surface area contributed by atoms with E-state index < -0.39 is 17.2 Å². The van der Waals surface area contributed by atoms with Crippen molar-refractivity contribution in [1.29, 1.82) is 0 Å². The lowest BCUT2D eigenvalue weighted by Crippen LogP contribution is -2.40. The first kappa shape index (κ1) is 14.3. The summed E-state index contributed by atoms with van der Waals surface area (Å²) in [4.78, 5) is 37.1. The highest BCUT2D eigenvalue weighted by atomic mass is 16.2. The highest BCUT2D eigenvalue weighted by Crippen LogP contribution is 2.20. The standard InChI is InChI=1S/C14H19N3O3/c1-9(10-6-4-3-5-7-10)15-12(18)11-8-17(2)14(20)16-13(11)19/h6,8-9H,3-5,7H2,1-2H3,(H,15,18)(H,16,19,20)/t9-/m0/s1. The lowest BCUT2D eigenvalue weighted by Gasteiger charge is -2.20. The first-order chi connectivity index (χ1) is 9.49. The van der Waals surface area contributed by atoms with Crippen LogP contribution < -0.4 is 16.6 Å². The molecule has 6 heteroatoms. The van der Waals surface area contributed by atoms with E-state index >= 15 is 0 Å². The molecule has 0 bridgehead atoms. The van der Waals surface area contributed by atoms with E-state index in [2.05, 4.69) is 16.4 Å². The van der Waals surface area contributed by atoms with Gasteiger partial charge in [0.2, 0.25) is 0 Å². The van der Waals surface area contributed by atoms with Crippen LogP contribution in [0.2, 0.25) is 0 Å². The Morgan fingerprint density at radius 3 is 2.80 bits per heavy atom. The zero-order valence-corrected chi connectivity index (χ0v) is 11.7. The Kier molecular flexibility index (Phi) is 4.22. The van der Waals surface area contributed by atoms with E-state index in [1.165, 1.54) is 29.8 Å².